The zero-order chi connectivity index (χ0) is 15.5. The number of para-hydroxylation sites is 1. The molecule has 2 rings (SSSR count). The van der Waals surface area contributed by atoms with E-state index in [1.807, 2.05) is 24.3 Å². The number of aryl methyl sites for hydroxylation is 1. The molecule has 0 radical (unpaired) electrons. The van der Waals surface area contributed by atoms with Crippen LogP contribution in [0.4, 0.5) is 5.69 Å². The molecule has 0 bridgehead atoms. The van der Waals surface area contributed by atoms with Crippen LogP contribution in [0.25, 0.3) is 0 Å². The summed E-state index contributed by atoms with van der Waals surface area (Å²) in [5.41, 5.74) is 1.94. The molecule has 0 spiro atoms. The first-order valence-electron chi connectivity index (χ1n) is 6.62. The smallest absolute Gasteiger partial charge is 0.234 e. The Morgan fingerprint density at radius 1 is 1.33 bits per heavy atom. The molecule has 0 fully saturated rings. The van der Waals surface area contributed by atoms with Gasteiger partial charge in [-0.3, -0.25) is 4.79 Å². The summed E-state index contributed by atoms with van der Waals surface area (Å²) in [6, 6.07) is 7.86. The summed E-state index contributed by atoms with van der Waals surface area (Å²) in [5.74, 6) is 0.201. The Labute approximate surface area is 128 Å². The second-order valence-electron chi connectivity index (χ2n) is 5.72. The number of hydrogen-bond donors (Lipinski definition) is 1. The van der Waals surface area contributed by atoms with Crippen LogP contribution in [-0.4, -0.2) is 31.9 Å². The van der Waals surface area contributed by atoms with Crippen molar-refractivity contribution in [1.82, 2.24) is 20.2 Å². The molecule has 1 aromatic carbocycles. The van der Waals surface area contributed by atoms with Gasteiger partial charge in [-0.25, -0.2) is 4.68 Å². The highest BCUT2D eigenvalue weighted by molar-refractivity contribution is 7.99. The number of nitrogens with one attached hydrogen (secondary N) is 1. The third-order valence-corrected chi connectivity index (χ3v) is 3.93. The lowest BCUT2D eigenvalue weighted by Crippen LogP contribution is -2.20. The van der Waals surface area contributed by atoms with Crippen molar-refractivity contribution in [3.63, 3.8) is 0 Å². The van der Waals surface area contributed by atoms with Gasteiger partial charge in [-0.2, -0.15) is 0 Å². The molecule has 1 heterocycles. The molecule has 0 unspecified atom stereocenters. The molecule has 6 nitrogen and oxygen atoms in total. The average Bonchev–Trinajstić information content (AvgIpc) is 2.81. The summed E-state index contributed by atoms with van der Waals surface area (Å²) < 4.78 is 1.54. The number of anilines is 1. The topological polar surface area (TPSA) is 72.7 Å². The highest BCUT2D eigenvalue weighted by Gasteiger charge is 2.18. The second-order valence-corrected chi connectivity index (χ2v) is 6.66. The van der Waals surface area contributed by atoms with Gasteiger partial charge in [0.2, 0.25) is 11.1 Å². The van der Waals surface area contributed by atoms with Crippen LogP contribution >= 0.6 is 11.8 Å². The predicted molar refractivity (Wildman–Crippen MR) is 83.3 cm³/mol. The Hall–Kier alpha value is -1.89. The Bertz CT molecular complexity index is 632. The second kappa shape index (κ2) is 6.26. The van der Waals surface area contributed by atoms with Gasteiger partial charge in [0.1, 0.15) is 0 Å². The zero-order valence-corrected chi connectivity index (χ0v) is 13.4. The monoisotopic (exact) mass is 305 g/mol. The lowest BCUT2D eigenvalue weighted by Gasteiger charge is -2.22. The van der Waals surface area contributed by atoms with Gasteiger partial charge >= 0.3 is 0 Å². The number of carbonyl (C=O) groups excluding carboxylic acids is 1. The molecule has 1 aromatic heterocycles. The first-order chi connectivity index (χ1) is 9.88. The van der Waals surface area contributed by atoms with Crippen molar-refractivity contribution in [2.75, 3.05) is 11.1 Å². The minimum atomic E-state index is -0.0697. The molecule has 0 atom stereocenters. The van der Waals surface area contributed by atoms with E-state index in [1.165, 1.54) is 11.8 Å². The Balaban J connectivity index is 2.02. The molecule has 2 aromatic rings. The highest BCUT2D eigenvalue weighted by Crippen LogP contribution is 2.29. The van der Waals surface area contributed by atoms with Gasteiger partial charge in [-0.05, 0) is 27.5 Å². The molecule has 21 heavy (non-hydrogen) atoms. The van der Waals surface area contributed by atoms with Crippen LogP contribution in [0.2, 0.25) is 0 Å². The van der Waals surface area contributed by atoms with Crippen LogP contribution in [0.5, 0.6) is 0 Å². The molecule has 0 saturated heterocycles. The minimum absolute atomic E-state index is 0.0233. The molecule has 0 aliphatic rings. The molecule has 112 valence electrons. The van der Waals surface area contributed by atoms with Gasteiger partial charge in [0, 0.05) is 12.7 Å². The van der Waals surface area contributed by atoms with Gasteiger partial charge in [-0.1, -0.05) is 50.7 Å². The van der Waals surface area contributed by atoms with E-state index >= 15 is 0 Å². The van der Waals surface area contributed by atoms with Crippen LogP contribution < -0.4 is 5.32 Å². The van der Waals surface area contributed by atoms with Crippen LogP contribution in [0, 0.1) is 0 Å². The third-order valence-electron chi connectivity index (χ3n) is 2.92. The molecule has 7 heteroatoms. The number of carbonyl (C=O) groups is 1. The summed E-state index contributed by atoms with van der Waals surface area (Å²) in [6.45, 7) is 6.37. The molecule has 1 amide bonds. The van der Waals surface area contributed by atoms with Crippen LogP contribution in [0.15, 0.2) is 29.4 Å². The third kappa shape index (κ3) is 4.04. The van der Waals surface area contributed by atoms with Crippen LogP contribution in [-0.2, 0) is 17.3 Å². The van der Waals surface area contributed by atoms with Crippen molar-refractivity contribution < 1.29 is 4.79 Å². The van der Waals surface area contributed by atoms with Crippen molar-refractivity contribution >= 4 is 23.4 Å². The fourth-order valence-electron chi connectivity index (χ4n) is 1.91. The van der Waals surface area contributed by atoms with E-state index in [4.69, 9.17) is 0 Å². The molecular formula is C14H19N5OS. The largest absolute Gasteiger partial charge is 0.325 e. The predicted octanol–water partition coefficient (Wildman–Crippen LogP) is 2.24. The SMILES string of the molecule is Cn1nnnc1SCC(=O)Nc1ccccc1C(C)(C)C. The number of rotatable bonds is 4. The quantitative estimate of drug-likeness (QED) is 0.877. The molecule has 0 aliphatic heterocycles. The van der Waals surface area contributed by atoms with E-state index in [-0.39, 0.29) is 17.1 Å². The Morgan fingerprint density at radius 3 is 2.67 bits per heavy atom. The number of amides is 1. The Morgan fingerprint density at radius 2 is 2.05 bits per heavy atom. The van der Waals surface area contributed by atoms with E-state index in [0.29, 0.717) is 5.16 Å². The van der Waals surface area contributed by atoms with E-state index in [2.05, 4.69) is 41.6 Å². The van der Waals surface area contributed by atoms with Gasteiger partial charge in [0.15, 0.2) is 0 Å². The van der Waals surface area contributed by atoms with Crippen molar-refractivity contribution in [1.29, 1.82) is 0 Å². The molecule has 0 saturated carbocycles. The van der Waals surface area contributed by atoms with Gasteiger partial charge < -0.3 is 5.32 Å². The number of tetrazole rings is 1. The van der Waals surface area contributed by atoms with Crippen molar-refractivity contribution in [2.45, 2.75) is 31.3 Å². The number of nitrogens with zero attached hydrogens (tertiary/aromatic N) is 4. The van der Waals surface area contributed by atoms with Gasteiger partial charge in [0.25, 0.3) is 0 Å². The van der Waals surface area contributed by atoms with Crippen molar-refractivity contribution in [3.05, 3.63) is 29.8 Å². The maximum absolute atomic E-state index is 12.1. The van der Waals surface area contributed by atoms with E-state index in [9.17, 15) is 4.79 Å². The summed E-state index contributed by atoms with van der Waals surface area (Å²) in [4.78, 5) is 12.1. The lowest BCUT2D eigenvalue weighted by atomic mass is 9.86. The van der Waals surface area contributed by atoms with Crippen molar-refractivity contribution in [2.24, 2.45) is 7.05 Å². The summed E-state index contributed by atoms with van der Waals surface area (Å²) in [6.07, 6.45) is 0. The van der Waals surface area contributed by atoms with E-state index in [0.717, 1.165) is 11.3 Å². The Kier molecular flexibility index (Phi) is 4.62. The first kappa shape index (κ1) is 15.5. The summed E-state index contributed by atoms with van der Waals surface area (Å²) in [5, 5.41) is 14.7. The summed E-state index contributed by atoms with van der Waals surface area (Å²) >= 11 is 1.31. The fraction of sp³-hybridized carbons (Fsp3) is 0.429. The normalized spacial score (nSPS) is 11.4. The van der Waals surface area contributed by atoms with E-state index in [1.54, 1.807) is 11.7 Å². The molecule has 0 aliphatic carbocycles. The summed E-state index contributed by atoms with van der Waals surface area (Å²) in [7, 11) is 1.75. The number of aromatic nitrogens is 4. The lowest BCUT2D eigenvalue weighted by molar-refractivity contribution is -0.113. The number of hydrogen-bond acceptors (Lipinski definition) is 5. The van der Waals surface area contributed by atoms with Gasteiger partial charge in [-0.15, -0.1) is 5.10 Å². The maximum atomic E-state index is 12.1. The minimum Gasteiger partial charge on any atom is -0.325 e. The number of benzene rings is 1. The fourth-order valence-corrected chi connectivity index (χ4v) is 2.56. The van der Waals surface area contributed by atoms with Crippen LogP contribution in [0.1, 0.15) is 26.3 Å². The van der Waals surface area contributed by atoms with Gasteiger partial charge in [0.05, 0.1) is 5.75 Å². The molecule has 1 N–H and O–H groups in total. The van der Waals surface area contributed by atoms with Crippen LogP contribution in [0.3, 0.4) is 0 Å². The maximum Gasteiger partial charge on any atom is 0.234 e. The highest BCUT2D eigenvalue weighted by atomic mass is 32.2. The first-order valence-corrected chi connectivity index (χ1v) is 7.61. The molecular weight excluding hydrogens is 286 g/mol. The zero-order valence-electron chi connectivity index (χ0n) is 12.6. The standard InChI is InChI=1S/C14H19N5OS/c1-14(2,3)10-7-5-6-8-11(10)15-12(20)9-21-13-16-17-18-19(13)4/h5-8H,9H2,1-4H3,(H,15,20). The van der Waals surface area contributed by atoms with E-state index < -0.39 is 0 Å². The average molecular weight is 305 g/mol. The number of thioether (sulfide) groups is 1. The van der Waals surface area contributed by atoms with Crippen molar-refractivity contribution in [3.8, 4) is 0 Å².